The maximum atomic E-state index is 9.74. The summed E-state index contributed by atoms with van der Waals surface area (Å²) in [6.07, 6.45) is -0.318. The van der Waals surface area contributed by atoms with Crippen LogP contribution in [0, 0.1) is 0 Å². The van der Waals surface area contributed by atoms with Crippen molar-refractivity contribution >= 4 is 14.4 Å². The van der Waals surface area contributed by atoms with Gasteiger partial charge in [0.2, 0.25) is 0 Å². The molecule has 1 aliphatic heterocycles. The van der Waals surface area contributed by atoms with Crippen molar-refractivity contribution in [2.45, 2.75) is 71.4 Å². The van der Waals surface area contributed by atoms with Crippen molar-refractivity contribution in [3.8, 4) is 0 Å². The van der Waals surface area contributed by atoms with Crippen molar-refractivity contribution in [2.24, 2.45) is 0 Å². The minimum atomic E-state index is -0.889. The quantitative estimate of drug-likeness (QED) is 0.755. The van der Waals surface area contributed by atoms with E-state index in [-0.39, 0.29) is 17.3 Å². The lowest BCUT2D eigenvalue weighted by molar-refractivity contribution is -0.0224. The van der Waals surface area contributed by atoms with Gasteiger partial charge in [-0.2, -0.15) is 0 Å². The fourth-order valence-corrected chi connectivity index (χ4v) is 1.29. The second-order valence-electron chi connectivity index (χ2n) is 6.19. The summed E-state index contributed by atoms with van der Waals surface area (Å²) in [6, 6.07) is 0. The fourth-order valence-electron chi connectivity index (χ4n) is 1.29. The Hall–Kier alpha value is -0.0301. The molecule has 1 unspecified atom stereocenters. The molecular formula is C11H23B2O4. The van der Waals surface area contributed by atoms with Crippen molar-refractivity contribution in [3.05, 3.63) is 0 Å². The van der Waals surface area contributed by atoms with Crippen LogP contribution in [0.25, 0.3) is 0 Å². The third kappa shape index (κ3) is 3.47. The molecule has 97 valence electrons. The van der Waals surface area contributed by atoms with E-state index >= 15 is 0 Å². The Labute approximate surface area is 105 Å². The third-order valence-corrected chi connectivity index (χ3v) is 3.66. The van der Waals surface area contributed by atoms with Gasteiger partial charge in [-0.05, 0) is 48.5 Å². The summed E-state index contributed by atoms with van der Waals surface area (Å²) in [4.78, 5) is 0. The molecule has 1 aliphatic rings. The van der Waals surface area contributed by atoms with Gasteiger partial charge < -0.3 is 19.1 Å². The van der Waals surface area contributed by atoms with Crippen LogP contribution in [0.5, 0.6) is 0 Å². The summed E-state index contributed by atoms with van der Waals surface area (Å²) in [5.74, 6) is 0. The molecule has 17 heavy (non-hydrogen) atoms. The lowest BCUT2D eigenvalue weighted by Crippen LogP contribution is -2.41. The summed E-state index contributed by atoms with van der Waals surface area (Å²) >= 11 is 0. The van der Waals surface area contributed by atoms with Crippen LogP contribution in [0.3, 0.4) is 0 Å². The first-order chi connectivity index (χ1) is 7.46. The van der Waals surface area contributed by atoms with Crippen LogP contribution in [-0.4, -0.2) is 42.4 Å². The normalized spacial score (nSPS) is 24.8. The zero-order chi connectivity index (χ0) is 13.5. The van der Waals surface area contributed by atoms with Gasteiger partial charge in [0.25, 0.3) is 0 Å². The van der Waals surface area contributed by atoms with Crippen molar-refractivity contribution in [1.29, 1.82) is 0 Å². The minimum Gasteiger partial charge on any atom is -0.438 e. The van der Waals surface area contributed by atoms with Crippen LogP contribution in [0.4, 0.5) is 0 Å². The van der Waals surface area contributed by atoms with E-state index in [0.717, 1.165) is 0 Å². The van der Waals surface area contributed by atoms with Gasteiger partial charge in [0.05, 0.1) is 22.9 Å². The van der Waals surface area contributed by atoms with Gasteiger partial charge in [0.1, 0.15) is 0 Å². The first-order valence-electron chi connectivity index (χ1n) is 6.02. The maximum Gasteiger partial charge on any atom is 0.439 e. The van der Waals surface area contributed by atoms with E-state index in [1.165, 1.54) is 7.37 Å². The molecule has 1 fully saturated rings. The van der Waals surface area contributed by atoms with Crippen LogP contribution in [0.2, 0.25) is 0 Å². The van der Waals surface area contributed by atoms with Gasteiger partial charge in [-0.15, -0.1) is 0 Å². The SMILES string of the molecule is CC(O[B]B1OC(C)(C)C(C)(C)O1)C(C)(C)O. The number of hydrogen-bond donors (Lipinski definition) is 1. The lowest BCUT2D eigenvalue weighted by atomic mass is 9.56. The Morgan fingerprint density at radius 2 is 1.59 bits per heavy atom. The topological polar surface area (TPSA) is 47.9 Å². The van der Waals surface area contributed by atoms with E-state index in [9.17, 15) is 5.11 Å². The highest BCUT2D eigenvalue weighted by molar-refractivity contribution is 7.03. The van der Waals surface area contributed by atoms with Gasteiger partial charge in [0, 0.05) is 0 Å². The predicted molar refractivity (Wildman–Crippen MR) is 68.7 cm³/mol. The van der Waals surface area contributed by atoms with Crippen LogP contribution in [0.1, 0.15) is 48.5 Å². The first-order valence-corrected chi connectivity index (χ1v) is 6.02. The molecule has 4 nitrogen and oxygen atoms in total. The molecule has 0 aromatic carbocycles. The predicted octanol–water partition coefficient (Wildman–Crippen LogP) is 1.37. The largest absolute Gasteiger partial charge is 0.439 e. The Bertz CT molecular complexity index is 257. The average Bonchev–Trinajstić information content (AvgIpc) is 2.30. The molecule has 1 heterocycles. The first kappa shape index (κ1) is 15.0. The van der Waals surface area contributed by atoms with E-state index in [1.54, 1.807) is 13.8 Å². The average molecular weight is 241 g/mol. The van der Waals surface area contributed by atoms with Crippen molar-refractivity contribution in [1.82, 2.24) is 0 Å². The van der Waals surface area contributed by atoms with E-state index in [0.29, 0.717) is 0 Å². The van der Waals surface area contributed by atoms with Gasteiger partial charge in [-0.3, -0.25) is 0 Å². The maximum absolute atomic E-state index is 9.74. The molecule has 1 atom stereocenters. The summed E-state index contributed by atoms with van der Waals surface area (Å²) in [6.45, 7) is 13.2. The molecule has 1 radical (unpaired) electrons. The van der Waals surface area contributed by atoms with Crippen LogP contribution >= 0.6 is 0 Å². The fraction of sp³-hybridized carbons (Fsp3) is 1.00. The summed E-state index contributed by atoms with van der Waals surface area (Å²) < 4.78 is 16.9. The third-order valence-electron chi connectivity index (χ3n) is 3.66. The van der Waals surface area contributed by atoms with E-state index < -0.39 is 12.6 Å². The van der Waals surface area contributed by atoms with Gasteiger partial charge in [0.15, 0.2) is 0 Å². The van der Waals surface area contributed by atoms with E-state index in [2.05, 4.69) is 0 Å². The molecule has 0 amide bonds. The van der Waals surface area contributed by atoms with Gasteiger partial charge >= 0.3 is 14.4 Å². The Balaban J connectivity index is 2.47. The van der Waals surface area contributed by atoms with Gasteiger partial charge in [-0.25, -0.2) is 0 Å². The Morgan fingerprint density at radius 1 is 1.18 bits per heavy atom. The molecule has 0 saturated carbocycles. The van der Waals surface area contributed by atoms with Gasteiger partial charge in [-0.1, -0.05) is 0 Å². The smallest absolute Gasteiger partial charge is 0.438 e. The minimum absolute atomic E-state index is 0.318. The molecule has 0 spiro atoms. The lowest BCUT2D eigenvalue weighted by Gasteiger charge is -2.32. The monoisotopic (exact) mass is 241 g/mol. The summed E-state index contributed by atoms with van der Waals surface area (Å²) in [5.41, 5.74) is -1.62. The number of aliphatic hydroxyl groups is 1. The molecule has 6 heteroatoms. The van der Waals surface area contributed by atoms with Crippen molar-refractivity contribution in [2.75, 3.05) is 0 Å². The molecular weight excluding hydrogens is 218 g/mol. The number of hydrogen-bond acceptors (Lipinski definition) is 4. The molecule has 0 aromatic rings. The molecule has 0 aliphatic carbocycles. The highest BCUT2D eigenvalue weighted by Crippen LogP contribution is 2.36. The van der Waals surface area contributed by atoms with E-state index in [4.69, 9.17) is 14.0 Å². The Morgan fingerprint density at radius 3 is 1.94 bits per heavy atom. The summed E-state index contributed by atoms with van der Waals surface area (Å²) in [5, 5.41) is 9.74. The second kappa shape index (κ2) is 4.57. The van der Waals surface area contributed by atoms with Crippen molar-refractivity contribution < 1.29 is 19.1 Å². The molecule has 0 aromatic heterocycles. The summed E-state index contributed by atoms with van der Waals surface area (Å²) in [7, 11) is 1.02. The molecule has 1 N–H and O–H groups in total. The highest BCUT2D eigenvalue weighted by Gasteiger charge is 2.51. The van der Waals surface area contributed by atoms with Crippen molar-refractivity contribution in [3.63, 3.8) is 0 Å². The number of rotatable bonds is 4. The zero-order valence-electron chi connectivity index (χ0n) is 11.9. The highest BCUT2D eigenvalue weighted by atomic mass is 16.7. The van der Waals surface area contributed by atoms with E-state index in [1.807, 2.05) is 34.6 Å². The molecule has 0 bridgehead atoms. The molecule has 1 rings (SSSR count). The second-order valence-corrected chi connectivity index (χ2v) is 6.19. The standard InChI is InChI=1S/C11H23B2O4/c1-8(9(2,3)14)15-12-13-16-10(4,5)11(6,7)17-13/h8,14H,1-7H3. The Kier molecular flexibility index (Phi) is 4.04. The molecule has 1 saturated heterocycles. The zero-order valence-corrected chi connectivity index (χ0v) is 11.9. The van der Waals surface area contributed by atoms with Crippen LogP contribution in [0.15, 0.2) is 0 Å². The van der Waals surface area contributed by atoms with Crippen LogP contribution < -0.4 is 0 Å². The van der Waals surface area contributed by atoms with Crippen LogP contribution in [-0.2, 0) is 14.0 Å².